The monoisotopic (exact) mass is 299 g/mol. The quantitative estimate of drug-likeness (QED) is 0.817. The highest BCUT2D eigenvalue weighted by Gasteiger charge is 2.21. The SMILES string of the molecule is CCCNCc1sc(N2CCSC(C)C2)nc1CC. The van der Waals surface area contributed by atoms with Crippen molar-refractivity contribution in [1.82, 2.24) is 10.3 Å². The van der Waals surface area contributed by atoms with Gasteiger partial charge in [0.2, 0.25) is 0 Å². The molecule has 1 fully saturated rings. The van der Waals surface area contributed by atoms with Gasteiger partial charge in [0, 0.05) is 35.5 Å². The Hall–Kier alpha value is -0.260. The van der Waals surface area contributed by atoms with Crippen LogP contribution in [0.3, 0.4) is 0 Å². The van der Waals surface area contributed by atoms with E-state index in [2.05, 4.69) is 42.7 Å². The molecule has 0 amide bonds. The maximum absolute atomic E-state index is 4.86. The third-order valence-electron chi connectivity index (χ3n) is 3.33. The van der Waals surface area contributed by atoms with Gasteiger partial charge in [-0.3, -0.25) is 0 Å². The van der Waals surface area contributed by atoms with Crippen LogP contribution < -0.4 is 10.2 Å². The van der Waals surface area contributed by atoms with Crippen molar-refractivity contribution in [2.75, 3.05) is 30.3 Å². The van der Waals surface area contributed by atoms with E-state index in [1.165, 1.54) is 27.9 Å². The van der Waals surface area contributed by atoms with Crippen molar-refractivity contribution in [2.24, 2.45) is 0 Å². The summed E-state index contributed by atoms with van der Waals surface area (Å²) < 4.78 is 0. The van der Waals surface area contributed by atoms with E-state index in [1.807, 2.05) is 11.3 Å². The van der Waals surface area contributed by atoms with Crippen molar-refractivity contribution in [3.05, 3.63) is 10.6 Å². The minimum Gasteiger partial charge on any atom is -0.346 e. The Balaban J connectivity index is 2.04. The predicted molar refractivity (Wildman–Crippen MR) is 87.6 cm³/mol. The van der Waals surface area contributed by atoms with Gasteiger partial charge >= 0.3 is 0 Å². The van der Waals surface area contributed by atoms with Gasteiger partial charge in [0.1, 0.15) is 0 Å². The Morgan fingerprint density at radius 2 is 2.26 bits per heavy atom. The average Bonchev–Trinajstić information content (AvgIpc) is 2.82. The first-order chi connectivity index (χ1) is 9.24. The van der Waals surface area contributed by atoms with Crippen LogP contribution in [0.25, 0.3) is 0 Å². The van der Waals surface area contributed by atoms with Crippen LogP contribution in [0.4, 0.5) is 5.13 Å². The predicted octanol–water partition coefficient (Wildman–Crippen LogP) is 3.15. The van der Waals surface area contributed by atoms with Gasteiger partial charge in [0.25, 0.3) is 0 Å². The highest BCUT2D eigenvalue weighted by atomic mass is 32.2. The number of thioether (sulfide) groups is 1. The molecule has 1 saturated heterocycles. The Kier molecular flexibility index (Phi) is 5.98. The summed E-state index contributed by atoms with van der Waals surface area (Å²) in [6.45, 7) is 11.1. The number of aryl methyl sites for hydroxylation is 1. The molecule has 1 atom stereocenters. The molecule has 5 heteroatoms. The molecule has 1 aliphatic rings. The minimum absolute atomic E-state index is 0.726. The summed E-state index contributed by atoms with van der Waals surface area (Å²) in [7, 11) is 0. The van der Waals surface area contributed by atoms with Crippen molar-refractivity contribution in [3.8, 4) is 0 Å². The Labute approximate surface area is 125 Å². The fraction of sp³-hybridized carbons (Fsp3) is 0.786. The lowest BCUT2D eigenvalue weighted by Gasteiger charge is -2.30. The molecule has 108 valence electrons. The van der Waals surface area contributed by atoms with Crippen LogP contribution in [-0.4, -0.2) is 35.6 Å². The number of hydrogen-bond acceptors (Lipinski definition) is 5. The second-order valence-electron chi connectivity index (χ2n) is 5.02. The molecule has 0 aromatic carbocycles. The molecule has 3 nitrogen and oxygen atoms in total. The zero-order valence-electron chi connectivity index (χ0n) is 12.2. The first kappa shape index (κ1) is 15.1. The van der Waals surface area contributed by atoms with Crippen LogP contribution in [0.1, 0.15) is 37.8 Å². The Bertz CT molecular complexity index is 392. The standard InChI is InChI=1S/C14H25N3S2/c1-4-6-15-9-13-12(5-2)16-14(19-13)17-7-8-18-11(3)10-17/h11,15H,4-10H2,1-3H3. The lowest BCUT2D eigenvalue weighted by molar-refractivity contribution is 0.676. The van der Waals surface area contributed by atoms with E-state index in [4.69, 9.17) is 4.98 Å². The number of thiazole rings is 1. The molecule has 0 radical (unpaired) electrons. The van der Waals surface area contributed by atoms with E-state index in [-0.39, 0.29) is 0 Å². The van der Waals surface area contributed by atoms with Crippen molar-refractivity contribution < 1.29 is 0 Å². The zero-order valence-corrected chi connectivity index (χ0v) is 13.9. The van der Waals surface area contributed by atoms with Crippen molar-refractivity contribution >= 4 is 28.2 Å². The largest absolute Gasteiger partial charge is 0.346 e. The number of hydrogen-bond donors (Lipinski definition) is 1. The third-order valence-corrected chi connectivity index (χ3v) is 5.62. The van der Waals surface area contributed by atoms with Gasteiger partial charge in [-0.05, 0) is 19.4 Å². The summed E-state index contributed by atoms with van der Waals surface area (Å²) in [5.74, 6) is 1.23. The molecule has 1 aromatic heterocycles. The summed E-state index contributed by atoms with van der Waals surface area (Å²) >= 11 is 3.96. The van der Waals surface area contributed by atoms with Crippen LogP contribution in [-0.2, 0) is 13.0 Å². The minimum atomic E-state index is 0.726. The summed E-state index contributed by atoms with van der Waals surface area (Å²) in [5.41, 5.74) is 1.29. The van der Waals surface area contributed by atoms with Crippen LogP contribution in [0, 0.1) is 0 Å². The third kappa shape index (κ3) is 4.10. The van der Waals surface area contributed by atoms with Crippen molar-refractivity contribution in [3.63, 3.8) is 0 Å². The summed E-state index contributed by atoms with van der Waals surface area (Å²) in [4.78, 5) is 8.75. The zero-order chi connectivity index (χ0) is 13.7. The maximum Gasteiger partial charge on any atom is 0.185 e. The molecule has 1 aliphatic heterocycles. The lowest BCUT2D eigenvalue weighted by Crippen LogP contribution is -2.36. The average molecular weight is 300 g/mol. The van der Waals surface area contributed by atoms with Gasteiger partial charge in [-0.15, -0.1) is 11.3 Å². The molecule has 0 saturated carbocycles. The molecule has 2 heterocycles. The van der Waals surface area contributed by atoms with E-state index in [1.54, 1.807) is 0 Å². The molecular formula is C14H25N3S2. The topological polar surface area (TPSA) is 28.2 Å². The summed E-state index contributed by atoms with van der Waals surface area (Å²) in [5, 5.41) is 5.46. The smallest absolute Gasteiger partial charge is 0.185 e. The maximum atomic E-state index is 4.86. The molecular weight excluding hydrogens is 274 g/mol. The van der Waals surface area contributed by atoms with Gasteiger partial charge in [-0.1, -0.05) is 20.8 Å². The Morgan fingerprint density at radius 1 is 1.42 bits per heavy atom. The fourth-order valence-corrected chi connectivity index (χ4v) is 4.46. The normalized spacial score (nSPS) is 19.9. The molecule has 1 N–H and O–H groups in total. The van der Waals surface area contributed by atoms with Gasteiger partial charge < -0.3 is 10.2 Å². The van der Waals surface area contributed by atoms with Crippen molar-refractivity contribution in [1.29, 1.82) is 0 Å². The second kappa shape index (κ2) is 7.50. The molecule has 1 aromatic rings. The molecule has 2 rings (SSSR count). The van der Waals surface area contributed by atoms with Gasteiger partial charge in [0.05, 0.1) is 5.69 Å². The van der Waals surface area contributed by atoms with E-state index < -0.39 is 0 Å². The van der Waals surface area contributed by atoms with Gasteiger partial charge in [-0.25, -0.2) is 4.98 Å². The Morgan fingerprint density at radius 3 is 2.95 bits per heavy atom. The van der Waals surface area contributed by atoms with Crippen LogP contribution in [0.2, 0.25) is 0 Å². The van der Waals surface area contributed by atoms with E-state index in [9.17, 15) is 0 Å². The summed E-state index contributed by atoms with van der Waals surface area (Å²) in [6.07, 6.45) is 2.23. The van der Waals surface area contributed by atoms with Gasteiger partial charge in [0.15, 0.2) is 5.13 Å². The highest BCUT2D eigenvalue weighted by Crippen LogP contribution is 2.30. The highest BCUT2D eigenvalue weighted by molar-refractivity contribution is 8.00. The van der Waals surface area contributed by atoms with E-state index in [0.717, 1.165) is 37.8 Å². The van der Waals surface area contributed by atoms with E-state index in [0.29, 0.717) is 0 Å². The number of nitrogens with one attached hydrogen (secondary N) is 1. The number of anilines is 1. The molecule has 19 heavy (non-hydrogen) atoms. The van der Waals surface area contributed by atoms with Crippen LogP contribution >= 0.6 is 23.1 Å². The summed E-state index contributed by atoms with van der Waals surface area (Å²) in [6, 6.07) is 0. The first-order valence-electron chi connectivity index (χ1n) is 7.30. The van der Waals surface area contributed by atoms with Crippen molar-refractivity contribution in [2.45, 2.75) is 45.4 Å². The van der Waals surface area contributed by atoms with Crippen LogP contribution in [0.5, 0.6) is 0 Å². The molecule has 0 bridgehead atoms. The number of nitrogens with zero attached hydrogens (tertiary/aromatic N) is 2. The molecule has 1 unspecified atom stereocenters. The second-order valence-corrected chi connectivity index (χ2v) is 7.63. The van der Waals surface area contributed by atoms with Crippen LogP contribution in [0.15, 0.2) is 0 Å². The number of rotatable bonds is 6. The lowest BCUT2D eigenvalue weighted by atomic mass is 10.3. The molecule has 0 spiro atoms. The molecule has 0 aliphatic carbocycles. The fourth-order valence-electron chi connectivity index (χ4n) is 2.29. The number of aromatic nitrogens is 1. The first-order valence-corrected chi connectivity index (χ1v) is 9.17. The van der Waals surface area contributed by atoms with E-state index >= 15 is 0 Å². The van der Waals surface area contributed by atoms with Gasteiger partial charge in [-0.2, -0.15) is 11.8 Å².